The summed E-state index contributed by atoms with van der Waals surface area (Å²) in [5, 5.41) is 12.9. The largest absolute Gasteiger partial charge is 0.381 e. The summed E-state index contributed by atoms with van der Waals surface area (Å²) in [4.78, 5) is 51.2. The van der Waals surface area contributed by atoms with Crippen molar-refractivity contribution in [2.24, 2.45) is 17.3 Å². The van der Waals surface area contributed by atoms with Gasteiger partial charge < -0.3 is 55.2 Å². The second-order valence-corrected chi connectivity index (χ2v) is 42.0. The van der Waals surface area contributed by atoms with Crippen molar-refractivity contribution in [2.75, 3.05) is 130 Å². The molecule has 13 heterocycles. The summed E-state index contributed by atoms with van der Waals surface area (Å²) < 4.78 is 222. The third-order valence-corrected chi connectivity index (χ3v) is 31.1. The predicted octanol–water partition coefficient (Wildman–Crippen LogP) is 26.4. The number of ether oxygens (including phenoxy) is 2. The Morgan fingerprint density at radius 2 is 0.655 bits per heavy atom. The van der Waals surface area contributed by atoms with Crippen LogP contribution in [0.4, 0.5) is 118 Å². The number of nitrogens with one attached hydrogen (secondary N) is 4. The fourth-order valence-electron chi connectivity index (χ4n) is 20.9. The average molecular weight is 2040 g/mol. The number of hydrogen-bond acceptors (Lipinski definition) is 22. The molecule has 5 aromatic heterocycles. The molecule has 4 N–H and O–H groups in total. The molecule has 780 valence electrons. The van der Waals surface area contributed by atoms with E-state index in [0.29, 0.717) is 99.4 Å². The first-order chi connectivity index (χ1) is 69.5. The lowest BCUT2D eigenvalue weighted by atomic mass is 9.67. The smallest absolute Gasteiger partial charge is 0.270 e. The van der Waals surface area contributed by atoms with E-state index in [0.717, 1.165) is 191 Å². The van der Waals surface area contributed by atoms with E-state index in [1.165, 1.54) is 137 Å². The van der Waals surface area contributed by atoms with Gasteiger partial charge in [-0.15, -0.1) is 0 Å². The Kier molecular flexibility index (Phi) is 34.9. The van der Waals surface area contributed by atoms with Gasteiger partial charge in [-0.05, 0) is 186 Å². The molecule has 0 spiro atoms. The summed E-state index contributed by atoms with van der Waals surface area (Å²) in [6.07, 6.45) is 30.8. The molecule has 21 nitrogen and oxygen atoms in total. The minimum Gasteiger partial charge on any atom is -0.381 e. The Labute approximate surface area is 842 Å². The molecule has 8 atom stereocenters. The van der Waals surface area contributed by atoms with Crippen LogP contribution >= 0.6 is 11.8 Å². The average Bonchev–Trinajstić information content (AvgIpc) is 1.59. The van der Waals surface area contributed by atoms with Gasteiger partial charge in [-0.25, -0.2) is 98.1 Å². The number of anilines is 9. The monoisotopic (exact) mass is 2040 g/mol. The van der Waals surface area contributed by atoms with E-state index in [-0.39, 0.29) is 116 Å². The molecule has 2 aliphatic carbocycles. The second-order valence-electron chi connectivity index (χ2n) is 40.5. The summed E-state index contributed by atoms with van der Waals surface area (Å²) in [5.41, 5.74) is 5.16. The number of alkyl halides is 10. The molecule has 10 fully saturated rings. The van der Waals surface area contributed by atoms with E-state index >= 15 is 22.0 Å². The Hall–Kier alpha value is -11.1. The van der Waals surface area contributed by atoms with Crippen molar-refractivity contribution in [1.29, 1.82) is 0 Å². The Balaban J connectivity index is 0.000000130. The van der Waals surface area contributed by atoms with Crippen molar-refractivity contribution < 1.29 is 75.3 Å². The van der Waals surface area contributed by atoms with Crippen LogP contribution in [0.15, 0.2) is 153 Å². The molecule has 8 saturated heterocycles. The number of rotatable bonds is 30. The van der Waals surface area contributed by atoms with Crippen LogP contribution in [0.25, 0.3) is 0 Å². The number of aromatic nitrogens is 10. The van der Waals surface area contributed by atoms with E-state index in [2.05, 4.69) is 78.0 Å². The quantitative estimate of drug-likeness (QED) is 0.0308. The van der Waals surface area contributed by atoms with Crippen LogP contribution in [-0.2, 0) is 45.5 Å². The molecule has 0 amide bonds. The zero-order valence-corrected chi connectivity index (χ0v) is 83.7. The van der Waals surface area contributed by atoms with Gasteiger partial charge in [-0.2, -0.15) is 29.3 Å². The Morgan fingerprint density at radius 3 is 0.938 bits per heavy atom. The van der Waals surface area contributed by atoms with Gasteiger partial charge in [0.15, 0.2) is 58.2 Å². The van der Waals surface area contributed by atoms with Crippen molar-refractivity contribution in [3.8, 4) is 0 Å². The highest BCUT2D eigenvalue weighted by atomic mass is 32.2. The number of nitrogens with zero attached hydrogens (tertiary/aromatic N) is 15. The van der Waals surface area contributed by atoms with Crippen molar-refractivity contribution in [1.82, 2.24) is 49.8 Å². The lowest BCUT2D eigenvalue weighted by Gasteiger charge is -2.38. The van der Waals surface area contributed by atoms with Gasteiger partial charge >= 0.3 is 0 Å². The highest BCUT2D eigenvalue weighted by Gasteiger charge is 2.41. The van der Waals surface area contributed by atoms with Gasteiger partial charge in [0.05, 0.1) is 48.6 Å². The maximum Gasteiger partial charge on any atom is 0.270 e. The molecule has 0 bridgehead atoms. The van der Waals surface area contributed by atoms with Crippen LogP contribution in [-0.4, -0.2) is 146 Å². The van der Waals surface area contributed by atoms with Gasteiger partial charge in [-0.3, -0.25) is 0 Å². The van der Waals surface area contributed by atoms with Gasteiger partial charge in [0.1, 0.15) is 31.6 Å². The molecular formula is C108H130F15N19O2S. The van der Waals surface area contributed by atoms with Crippen molar-refractivity contribution in [3.05, 3.63) is 243 Å². The summed E-state index contributed by atoms with van der Waals surface area (Å²) in [5.74, 6) is -12.3. The molecule has 37 heteroatoms. The molecule has 2 saturated carbocycles. The number of aryl methyl sites for hydroxylation is 1. The number of hydrogen-bond donors (Lipinski definition) is 4. The Morgan fingerprint density at radius 1 is 0.331 bits per heavy atom. The number of halogens is 15. The van der Waals surface area contributed by atoms with Crippen LogP contribution in [0.5, 0.6) is 0 Å². The zero-order chi connectivity index (χ0) is 102. The topological polar surface area (TPSA) is 212 Å². The molecule has 5 aromatic carbocycles. The normalized spacial score (nSPS) is 21.7. The van der Waals surface area contributed by atoms with Crippen molar-refractivity contribution in [3.63, 3.8) is 0 Å². The van der Waals surface area contributed by atoms with Gasteiger partial charge in [0.2, 0.25) is 23.3 Å². The van der Waals surface area contributed by atoms with Crippen LogP contribution < -0.4 is 45.8 Å². The van der Waals surface area contributed by atoms with Crippen molar-refractivity contribution in [2.45, 2.75) is 267 Å². The minimum atomic E-state index is -2.88. The molecule has 8 unspecified atom stereocenters. The highest BCUT2D eigenvalue weighted by molar-refractivity contribution is 8.00. The lowest BCUT2D eigenvalue weighted by Crippen LogP contribution is -2.28. The lowest BCUT2D eigenvalue weighted by molar-refractivity contribution is 0.0168. The standard InChI is InChI=1S/C23H28F3N3.C22H27F3N4O.C21H25F3N4O.C21H25F3N4S.C21H25F3N4/c1-22(11-4-12-22)13-10-18-20(24)21(28-15-27-18)29-14-3-5-19(29)16-6-8-17(9-7-16)23(2,25)26;1-22(24,25)16-9-7-15(8-10-16)18-6-4-11-29(18)21-19(23)20(27-14-28-21)26-13-17-5-2-3-12-30-17;1-21(23,24)16-6-4-15(5-7-16)17-3-2-9-28(17)20-18(22)19(26-13-27-20)25-11-14-8-10-29-12-14;1-21(23,24)15-8-6-14(7-9-15)17-5-2-10-28(17)20-18(22)19(26-13-27-20)25-12-16-4-3-11-29-16;1-21(23,24)16-9-7-15(8-10-16)17-6-3-11-28(17)20-18(22)19(26-13-27-20)25-12-14-4-2-5-14/h6-9,15,19H,3-5,10-14H2,1-2H3;7-10,14,17-18H,2-6,11-13H2,1H3,(H,26,27,28);4-7,13-14,17H,2-3,8-12H2,1H3,(H,25,26,27);6-9,13,16-17H,2-5,10-12H2,1H3,(H,25,26,27);7-10,13-14,17H,2-6,11-12H2,1H3,(H,25,26,27). The maximum absolute atomic E-state index is 15.3. The number of benzene rings is 5. The molecular weight excluding hydrogens is 1910 g/mol. The van der Waals surface area contributed by atoms with Crippen LogP contribution in [0.2, 0.25) is 0 Å². The summed E-state index contributed by atoms with van der Waals surface area (Å²) in [6.45, 7) is 14.7. The SMILES string of the molecule is CC(F)(F)c1ccc(C2CCCN2c2ncnc(NCC3CCC3)c2F)cc1.CC(F)(F)c1ccc(C2CCCN2c2ncnc(NCC3CCCCO3)c2F)cc1.CC(F)(F)c1ccc(C2CCCN2c2ncnc(NCC3CCCS3)c2F)cc1.CC(F)(F)c1ccc(C2CCCN2c2ncnc(NCC3CCOC3)c2F)cc1.CC1(CCc2ncnc(N3CCCC3c3ccc(C(C)(F)F)cc3)c2F)CCC1. The summed E-state index contributed by atoms with van der Waals surface area (Å²) in [6, 6.07) is 31.2. The molecule has 145 heavy (non-hydrogen) atoms. The third kappa shape index (κ3) is 26.9. The first-order valence-corrected chi connectivity index (χ1v) is 52.1. The number of thioether (sulfide) groups is 1. The van der Waals surface area contributed by atoms with Crippen LogP contribution in [0.1, 0.15) is 281 Å². The predicted molar refractivity (Wildman–Crippen MR) is 536 cm³/mol. The third-order valence-electron chi connectivity index (χ3n) is 29.7. The minimum absolute atomic E-state index is 0.00853. The van der Waals surface area contributed by atoms with Gasteiger partial charge in [-0.1, -0.05) is 141 Å². The molecule has 10 aromatic rings. The summed E-state index contributed by atoms with van der Waals surface area (Å²) >= 11 is 1.91. The maximum atomic E-state index is 15.3. The summed E-state index contributed by atoms with van der Waals surface area (Å²) in [7, 11) is 0. The Bertz CT molecular complexity index is 5700. The van der Waals surface area contributed by atoms with Crippen molar-refractivity contribution >= 4 is 64.1 Å². The van der Waals surface area contributed by atoms with E-state index in [1.54, 1.807) is 60.7 Å². The zero-order valence-electron chi connectivity index (χ0n) is 82.9. The molecule has 20 rings (SSSR count). The first kappa shape index (κ1) is 107. The molecule has 8 aliphatic heterocycles. The van der Waals surface area contributed by atoms with Gasteiger partial charge in [0.25, 0.3) is 29.6 Å². The van der Waals surface area contributed by atoms with E-state index in [4.69, 9.17) is 9.47 Å². The van der Waals surface area contributed by atoms with Crippen LogP contribution in [0, 0.1) is 46.3 Å². The van der Waals surface area contributed by atoms with E-state index in [9.17, 15) is 43.9 Å². The van der Waals surface area contributed by atoms with E-state index in [1.807, 2.05) is 36.3 Å². The van der Waals surface area contributed by atoms with Crippen LogP contribution in [0.3, 0.4) is 0 Å². The van der Waals surface area contributed by atoms with Gasteiger partial charge in [0, 0.05) is 146 Å². The van der Waals surface area contributed by atoms with E-state index < -0.39 is 52.9 Å². The fraction of sp³-hybridized carbons (Fsp3) is 0.537. The second kappa shape index (κ2) is 47.4. The fourth-order valence-corrected chi connectivity index (χ4v) is 22.1. The highest BCUT2D eigenvalue weighted by Crippen LogP contribution is 2.49. The molecule has 10 aliphatic rings. The first-order valence-electron chi connectivity index (χ1n) is 51.0. The molecule has 0 radical (unpaired) electrons.